The lowest BCUT2D eigenvalue weighted by molar-refractivity contribution is -0.0502. The van der Waals surface area contributed by atoms with Crippen LogP contribution in [0.3, 0.4) is 0 Å². The van der Waals surface area contributed by atoms with Gasteiger partial charge in [0.05, 0.1) is 27.9 Å². The summed E-state index contributed by atoms with van der Waals surface area (Å²) in [5.41, 5.74) is -0.976. The molecule has 0 aliphatic rings. The first-order valence-corrected chi connectivity index (χ1v) is 11.5. The van der Waals surface area contributed by atoms with Crippen LogP contribution >= 0.6 is 0 Å². The van der Waals surface area contributed by atoms with Crippen molar-refractivity contribution in [3.8, 4) is 0 Å². The minimum Gasteiger partial charge on any atom is -0.478 e. The van der Waals surface area contributed by atoms with Gasteiger partial charge in [-0.1, -0.05) is 13.3 Å². The maximum absolute atomic E-state index is 12.8. The van der Waals surface area contributed by atoms with Gasteiger partial charge >= 0.3 is 23.9 Å². The average Bonchev–Trinajstić information content (AvgIpc) is 2.86. The zero-order valence-corrected chi connectivity index (χ0v) is 21.2. The molecule has 0 heterocycles. The van der Waals surface area contributed by atoms with E-state index >= 15 is 0 Å². The molecule has 0 fully saturated rings. The number of benzene rings is 2. The van der Waals surface area contributed by atoms with Crippen LogP contribution in [0.5, 0.6) is 0 Å². The van der Waals surface area contributed by atoms with E-state index in [0.717, 1.165) is 0 Å². The number of carboxylic acids is 1. The number of methoxy groups -OCH3 is 1. The van der Waals surface area contributed by atoms with Gasteiger partial charge in [-0.25, -0.2) is 19.2 Å². The summed E-state index contributed by atoms with van der Waals surface area (Å²) >= 11 is 0. The van der Waals surface area contributed by atoms with Crippen LogP contribution in [0.1, 0.15) is 82.0 Å². The third kappa shape index (κ3) is 8.20. The Morgan fingerprint density at radius 1 is 0.722 bits per heavy atom. The van der Waals surface area contributed by atoms with Crippen molar-refractivity contribution in [2.45, 2.75) is 51.7 Å². The van der Waals surface area contributed by atoms with E-state index in [2.05, 4.69) is 0 Å². The second-order valence-corrected chi connectivity index (χ2v) is 9.17. The highest BCUT2D eigenvalue weighted by Crippen LogP contribution is 2.22. The quantitative estimate of drug-likeness (QED) is 0.330. The lowest BCUT2D eigenvalue weighted by Crippen LogP contribution is -2.37. The number of carbonyl (C=O) groups is 4. The van der Waals surface area contributed by atoms with Gasteiger partial charge < -0.3 is 24.1 Å². The van der Waals surface area contributed by atoms with Gasteiger partial charge in [0.15, 0.2) is 0 Å². The first-order valence-electron chi connectivity index (χ1n) is 11.5. The van der Waals surface area contributed by atoms with Crippen molar-refractivity contribution in [3.05, 3.63) is 70.8 Å². The molecule has 1 unspecified atom stereocenters. The summed E-state index contributed by atoms with van der Waals surface area (Å²) in [6.07, 6.45) is 1.10. The topological polar surface area (TPSA) is 125 Å². The SMILES string of the molecule is CCCC(C)(COC(=O)c1ccc(C(=O)O)cc1)OC(=O)c1ccc(C(=O)OCC(C)(C)OC)cc1. The van der Waals surface area contributed by atoms with Crippen LogP contribution in [0.2, 0.25) is 0 Å². The van der Waals surface area contributed by atoms with Crippen LogP contribution in [0, 0.1) is 0 Å². The summed E-state index contributed by atoms with van der Waals surface area (Å²) in [6, 6.07) is 11.2. The van der Waals surface area contributed by atoms with Gasteiger partial charge in [-0.2, -0.15) is 0 Å². The van der Waals surface area contributed by atoms with Crippen molar-refractivity contribution in [1.82, 2.24) is 0 Å². The molecule has 0 spiro atoms. The van der Waals surface area contributed by atoms with Crippen molar-refractivity contribution in [3.63, 3.8) is 0 Å². The summed E-state index contributed by atoms with van der Waals surface area (Å²) in [4.78, 5) is 48.4. The average molecular weight is 501 g/mol. The van der Waals surface area contributed by atoms with Gasteiger partial charge in [0.2, 0.25) is 0 Å². The molecule has 0 radical (unpaired) electrons. The number of carbonyl (C=O) groups excluding carboxylic acids is 3. The van der Waals surface area contributed by atoms with Gasteiger partial charge in [0, 0.05) is 7.11 Å². The van der Waals surface area contributed by atoms with E-state index in [1.54, 1.807) is 20.8 Å². The molecule has 194 valence electrons. The summed E-state index contributed by atoms with van der Waals surface area (Å²) in [6.45, 7) is 7.04. The highest BCUT2D eigenvalue weighted by atomic mass is 16.6. The molecule has 1 atom stereocenters. The van der Waals surface area contributed by atoms with Gasteiger partial charge in [0.1, 0.15) is 18.8 Å². The molecule has 0 aromatic heterocycles. The Hall–Kier alpha value is -3.72. The van der Waals surface area contributed by atoms with E-state index in [1.165, 1.54) is 55.6 Å². The van der Waals surface area contributed by atoms with Gasteiger partial charge in [-0.3, -0.25) is 0 Å². The second-order valence-electron chi connectivity index (χ2n) is 9.17. The molecule has 0 amide bonds. The summed E-state index contributed by atoms with van der Waals surface area (Å²) in [7, 11) is 1.53. The van der Waals surface area contributed by atoms with E-state index in [4.69, 9.17) is 24.1 Å². The largest absolute Gasteiger partial charge is 0.478 e. The molecule has 1 N–H and O–H groups in total. The molecule has 9 nitrogen and oxygen atoms in total. The Morgan fingerprint density at radius 2 is 1.14 bits per heavy atom. The first kappa shape index (κ1) is 28.5. The molecule has 36 heavy (non-hydrogen) atoms. The Morgan fingerprint density at radius 3 is 1.56 bits per heavy atom. The van der Waals surface area contributed by atoms with E-state index in [1.807, 2.05) is 6.92 Å². The molecule has 0 bridgehead atoms. The highest BCUT2D eigenvalue weighted by Gasteiger charge is 2.31. The summed E-state index contributed by atoms with van der Waals surface area (Å²) < 4.78 is 21.5. The van der Waals surface area contributed by atoms with Crippen LogP contribution < -0.4 is 0 Å². The molecule has 9 heteroatoms. The molecule has 0 aliphatic heterocycles. The normalized spacial score (nSPS) is 12.8. The number of ether oxygens (including phenoxy) is 4. The molecule has 0 saturated carbocycles. The third-order valence-corrected chi connectivity index (χ3v) is 5.45. The van der Waals surface area contributed by atoms with Crippen molar-refractivity contribution in [2.75, 3.05) is 20.3 Å². The van der Waals surface area contributed by atoms with Crippen LogP contribution in [0.15, 0.2) is 48.5 Å². The molecule has 2 rings (SSSR count). The number of hydrogen-bond acceptors (Lipinski definition) is 8. The van der Waals surface area contributed by atoms with E-state index < -0.39 is 35.1 Å². The first-order chi connectivity index (χ1) is 16.9. The molecule has 2 aromatic rings. The van der Waals surface area contributed by atoms with Gasteiger partial charge in [0.25, 0.3) is 0 Å². The van der Waals surface area contributed by atoms with Gasteiger partial charge in [-0.15, -0.1) is 0 Å². The fourth-order valence-corrected chi connectivity index (χ4v) is 3.14. The molecule has 0 saturated heterocycles. The highest BCUT2D eigenvalue weighted by molar-refractivity contribution is 5.94. The van der Waals surface area contributed by atoms with Crippen molar-refractivity contribution in [1.29, 1.82) is 0 Å². The number of hydrogen-bond donors (Lipinski definition) is 1. The lowest BCUT2D eigenvalue weighted by Gasteiger charge is -2.29. The molecular formula is C27H32O9. The molecule has 0 aliphatic carbocycles. The number of aromatic carboxylic acids is 1. The van der Waals surface area contributed by atoms with E-state index in [-0.39, 0.29) is 35.5 Å². The van der Waals surface area contributed by atoms with Crippen LogP contribution in [-0.4, -0.2) is 60.5 Å². The second kappa shape index (κ2) is 12.3. The number of rotatable bonds is 12. The monoisotopic (exact) mass is 500 g/mol. The number of carboxylic acid groups (broad SMARTS) is 1. The Labute approximate surface area is 210 Å². The smallest absolute Gasteiger partial charge is 0.338 e. The zero-order chi connectivity index (χ0) is 26.9. The predicted molar refractivity (Wildman–Crippen MR) is 130 cm³/mol. The number of esters is 3. The van der Waals surface area contributed by atoms with Crippen molar-refractivity contribution < 1.29 is 43.2 Å². The van der Waals surface area contributed by atoms with E-state index in [9.17, 15) is 19.2 Å². The van der Waals surface area contributed by atoms with Gasteiger partial charge in [-0.05, 0) is 75.7 Å². The van der Waals surface area contributed by atoms with Crippen molar-refractivity contribution in [2.24, 2.45) is 0 Å². The lowest BCUT2D eigenvalue weighted by atomic mass is 10.0. The Kier molecular flexibility index (Phi) is 9.75. The minimum atomic E-state index is -1.10. The standard InChI is InChI=1S/C27H32O9/c1-6-15-27(4,17-35-24(31)19-9-7-18(8-10-19)22(28)29)36-25(32)21-13-11-20(12-14-21)23(30)34-16-26(2,3)33-5/h7-14H,6,15-17H2,1-5H3,(H,28,29). The van der Waals surface area contributed by atoms with Crippen molar-refractivity contribution >= 4 is 23.9 Å². The van der Waals surface area contributed by atoms with Crippen LogP contribution in [0.4, 0.5) is 0 Å². The Balaban J connectivity index is 2.01. The molecular weight excluding hydrogens is 468 g/mol. The maximum Gasteiger partial charge on any atom is 0.338 e. The predicted octanol–water partition coefficient (Wildman–Crippen LogP) is 4.54. The minimum absolute atomic E-state index is 0.0504. The Bertz CT molecular complexity index is 1070. The van der Waals surface area contributed by atoms with Crippen LogP contribution in [0.25, 0.3) is 0 Å². The zero-order valence-electron chi connectivity index (χ0n) is 21.2. The summed E-state index contributed by atoms with van der Waals surface area (Å²) in [5, 5.41) is 8.97. The fourth-order valence-electron chi connectivity index (χ4n) is 3.14. The van der Waals surface area contributed by atoms with E-state index in [0.29, 0.717) is 12.8 Å². The fraction of sp³-hybridized carbons (Fsp3) is 0.407. The summed E-state index contributed by atoms with van der Waals surface area (Å²) in [5.74, 6) is -2.94. The van der Waals surface area contributed by atoms with Crippen LogP contribution in [-0.2, 0) is 18.9 Å². The third-order valence-electron chi connectivity index (χ3n) is 5.45. The maximum atomic E-state index is 12.8. The molecule has 2 aromatic carbocycles.